The number of anilines is 1. The molecule has 2 amide bonds. The Hall–Kier alpha value is -2.78. The van der Waals surface area contributed by atoms with E-state index in [1.165, 1.54) is 21.3 Å². The zero-order valence-electron chi connectivity index (χ0n) is 18.5. The van der Waals surface area contributed by atoms with Gasteiger partial charge in [-0.05, 0) is 12.8 Å². The van der Waals surface area contributed by atoms with E-state index in [0.717, 1.165) is 19.4 Å². The molecular weight excluding hydrogens is 416 g/mol. The predicted molar refractivity (Wildman–Crippen MR) is 114 cm³/mol. The van der Waals surface area contributed by atoms with Gasteiger partial charge < -0.3 is 33.9 Å². The van der Waals surface area contributed by atoms with Crippen molar-refractivity contribution in [2.45, 2.75) is 30.7 Å². The zero-order valence-corrected chi connectivity index (χ0v) is 18.5. The van der Waals surface area contributed by atoms with Gasteiger partial charge in [-0.2, -0.15) is 0 Å². The van der Waals surface area contributed by atoms with Crippen molar-refractivity contribution in [1.29, 1.82) is 0 Å². The van der Waals surface area contributed by atoms with Gasteiger partial charge in [0.05, 0.1) is 51.9 Å². The van der Waals surface area contributed by atoms with Crippen LogP contribution in [0.5, 0.6) is 17.2 Å². The van der Waals surface area contributed by atoms with Gasteiger partial charge in [0.25, 0.3) is 0 Å². The van der Waals surface area contributed by atoms with Crippen molar-refractivity contribution in [3.8, 4) is 17.2 Å². The van der Waals surface area contributed by atoms with Crippen molar-refractivity contribution in [2.24, 2.45) is 11.8 Å². The topological polar surface area (TPSA) is 95.6 Å². The smallest absolute Gasteiger partial charge is 0.231 e. The summed E-state index contributed by atoms with van der Waals surface area (Å²) in [5.41, 5.74) is -0.246. The van der Waals surface area contributed by atoms with Crippen molar-refractivity contribution >= 4 is 17.5 Å². The van der Waals surface area contributed by atoms with E-state index in [-0.39, 0.29) is 17.9 Å². The largest absolute Gasteiger partial charge is 0.493 e. The van der Waals surface area contributed by atoms with Crippen LogP contribution in [0.2, 0.25) is 0 Å². The third-order valence-electron chi connectivity index (χ3n) is 6.86. The second-order valence-corrected chi connectivity index (χ2v) is 8.66. The molecule has 1 aromatic rings. The van der Waals surface area contributed by atoms with Crippen molar-refractivity contribution in [3.05, 3.63) is 24.3 Å². The minimum Gasteiger partial charge on any atom is -0.493 e. The van der Waals surface area contributed by atoms with Crippen molar-refractivity contribution in [2.75, 3.05) is 46.3 Å². The van der Waals surface area contributed by atoms with E-state index >= 15 is 0 Å². The second kappa shape index (κ2) is 7.97. The molecule has 2 bridgehead atoms. The van der Waals surface area contributed by atoms with Gasteiger partial charge >= 0.3 is 0 Å². The molecule has 0 saturated carbocycles. The standard InChI is InChI=1S/C23H28N2O7/c1-28-16-9-13(10-17(29-2)20(16)30-3)24-21(26)18-15-6-7-23(32-15)12-25(22(27)19(18)23)11-14-5-4-8-31-14/h6-7,9-10,14-15,18-19H,4-5,8,11-12H2,1-3H3,(H,24,26). The fraction of sp³-hybridized carbons (Fsp3) is 0.565. The molecule has 1 aromatic carbocycles. The lowest BCUT2D eigenvalue weighted by atomic mass is 9.77. The van der Waals surface area contributed by atoms with Gasteiger partial charge in [-0.1, -0.05) is 12.2 Å². The lowest BCUT2D eigenvalue weighted by Crippen LogP contribution is -2.42. The Morgan fingerprint density at radius 3 is 2.59 bits per heavy atom. The van der Waals surface area contributed by atoms with Gasteiger partial charge in [0.1, 0.15) is 5.60 Å². The maximum Gasteiger partial charge on any atom is 0.231 e. The highest BCUT2D eigenvalue weighted by molar-refractivity contribution is 5.99. The molecule has 1 N–H and O–H groups in total. The number of carbonyl (C=O) groups is 2. The van der Waals surface area contributed by atoms with Crippen LogP contribution in [0.1, 0.15) is 12.8 Å². The highest BCUT2D eigenvalue weighted by Crippen LogP contribution is 2.52. The third kappa shape index (κ3) is 3.22. The van der Waals surface area contributed by atoms with Gasteiger partial charge in [-0.25, -0.2) is 0 Å². The Kier molecular flexibility index (Phi) is 5.25. The Bertz CT molecular complexity index is 933. The second-order valence-electron chi connectivity index (χ2n) is 8.66. The summed E-state index contributed by atoms with van der Waals surface area (Å²) in [6.45, 7) is 1.73. The molecule has 4 aliphatic heterocycles. The van der Waals surface area contributed by atoms with Crippen LogP contribution in [0.4, 0.5) is 5.69 Å². The fourth-order valence-electron chi connectivity index (χ4n) is 5.45. The number of hydrogen-bond acceptors (Lipinski definition) is 7. The maximum absolute atomic E-state index is 13.4. The summed E-state index contributed by atoms with van der Waals surface area (Å²) in [5, 5.41) is 2.92. The monoisotopic (exact) mass is 444 g/mol. The van der Waals surface area contributed by atoms with E-state index in [4.69, 9.17) is 23.7 Å². The van der Waals surface area contributed by atoms with Crippen LogP contribution in [0.15, 0.2) is 24.3 Å². The first-order valence-electron chi connectivity index (χ1n) is 10.9. The number of methoxy groups -OCH3 is 3. The summed E-state index contributed by atoms with van der Waals surface area (Å²) < 4.78 is 28.0. The van der Waals surface area contributed by atoms with Gasteiger partial charge in [0.2, 0.25) is 17.6 Å². The normalized spacial score (nSPS) is 32.3. The number of amides is 2. The molecule has 5 rings (SSSR count). The maximum atomic E-state index is 13.4. The number of nitrogens with one attached hydrogen (secondary N) is 1. The van der Waals surface area contributed by atoms with Gasteiger partial charge in [-0.15, -0.1) is 0 Å². The minimum atomic E-state index is -0.738. The quantitative estimate of drug-likeness (QED) is 0.639. The number of likely N-dealkylation sites (tertiary alicyclic amines) is 1. The Morgan fingerprint density at radius 1 is 1.22 bits per heavy atom. The first kappa shape index (κ1) is 21.1. The van der Waals surface area contributed by atoms with E-state index in [9.17, 15) is 9.59 Å². The van der Waals surface area contributed by atoms with Crippen LogP contribution in [0.3, 0.4) is 0 Å². The van der Waals surface area contributed by atoms with Crippen molar-refractivity contribution in [3.63, 3.8) is 0 Å². The molecule has 32 heavy (non-hydrogen) atoms. The van der Waals surface area contributed by atoms with Crippen LogP contribution in [0.25, 0.3) is 0 Å². The van der Waals surface area contributed by atoms with Crippen LogP contribution < -0.4 is 19.5 Å². The van der Waals surface area contributed by atoms with E-state index < -0.39 is 23.5 Å². The molecular formula is C23H28N2O7. The summed E-state index contributed by atoms with van der Waals surface area (Å²) >= 11 is 0. The average molecular weight is 444 g/mol. The molecule has 4 aliphatic rings. The number of benzene rings is 1. The number of carbonyl (C=O) groups excluding carboxylic acids is 2. The van der Waals surface area contributed by atoms with E-state index in [0.29, 0.717) is 36.0 Å². The van der Waals surface area contributed by atoms with Crippen LogP contribution in [-0.2, 0) is 19.1 Å². The lowest BCUT2D eigenvalue weighted by Gasteiger charge is -2.24. The molecule has 0 radical (unpaired) electrons. The molecule has 5 atom stereocenters. The molecule has 4 heterocycles. The molecule has 9 nitrogen and oxygen atoms in total. The SMILES string of the molecule is COc1cc(NC(=O)C2C3C=CC4(CN(CC5CCCO5)C(=O)C24)O3)cc(OC)c1OC. The van der Waals surface area contributed by atoms with E-state index in [1.807, 2.05) is 12.2 Å². The van der Waals surface area contributed by atoms with Crippen LogP contribution >= 0.6 is 0 Å². The number of ether oxygens (including phenoxy) is 5. The summed E-state index contributed by atoms with van der Waals surface area (Å²) in [6.07, 6.45) is 5.46. The van der Waals surface area contributed by atoms with E-state index in [2.05, 4.69) is 5.32 Å². The van der Waals surface area contributed by atoms with Gasteiger partial charge in [0, 0.05) is 31.0 Å². The predicted octanol–water partition coefficient (Wildman–Crippen LogP) is 1.61. The van der Waals surface area contributed by atoms with Crippen LogP contribution in [0, 0.1) is 11.8 Å². The number of fused-ring (bicyclic) bond motifs is 1. The van der Waals surface area contributed by atoms with Crippen molar-refractivity contribution < 1.29 is 33.3 Å². The lowest BCUT2D eigenvalue weighted by molar-refractivity contribution is -0.136. The molecule has 172 valence electrons. The van der Waals surface area contributed by atoms with Gasteiger partial charge in [0.15, 0.2) is 11.5 Å². The third-order valence-corrected chi connectivity index (χ3v) is 6.86. The highest BCUT2D eigenvalue weighted by atomic mass is 16.5. The molecule has 9 heteroatoms. The fourth-order valence-corrected chi connectivity index (χ4v) is 5.45. The number of nitrogens with zero attached hydrogens (tertiary/aromatic N) is 1. The average Bonchev–Trinajstić information content (AvgIpc) is 3.56. The number of rotatable bonds is 7. The highest BCUT2D eigenvalue weighted by Gasteiger charge is 2.66. The summed E-state index contributed by atoms with van der Waals surface area (Å²) in [5.74, 6) is -0.161. The summed E-state index contributed by atoms with van der Waals surface area (Å²) in [7, 11) is 4.55. The summed E-state index contributed by atoms with van der Waals surface area (Å²) in [6, 6.07) is 3.33. The molecule has 0 aliphatic carbocycles. The Labute approximate surface area is 186 Å². The minimum absolute atomic E-state index is 0.0441. The molecule has 3 fully saturated rings. The Balaban J connectivity index is 1.37. The van der Waals surface area contributed by atoms with E-state index in [1.54, 1.807) is 17.0 Å². The zero-order chi connectivity index (χ0) is 22.5. The van der Waals surface area contributed by atoms with Crippen LogP contribution in [-0.4, -0.2) is 75.5 Å². The molecule has 0 aromatic heterocycles. The summed E-state index contributed by atoms with van der Waals surface area (Å²) in [4.78, 5) is 28.5. The van der Waals surface area contributed by atoms with Gasteiger partial charge in [-0.3, -0.25) is 9.59 Å². The number of hydrogen-bond donors (Lipinski definition) is 1. The molecule has 1 spiro atoms. The Morgan fingerprint density at radius 2 is 1.97 bits per heavy atom. The van der Waals surface area contributed by atoms with Crippen molar-refractivity contribution in [1.82, 2.24) is 4.90 Å². The molecule has 5 unspecified atom stereocenters. The first-order valence-corrected chi connectivity index (χ1v) is 10.9. The first-order chi connectivity index (χ1) is 15.5. The molecule has 3 saturated heterocycles.